The summed E-state index contributed by atoms with van der Waals surface area (Å²) in [6.45, 7) is 5.01. The molecule has 0 spiro atoms. The van der Waals surface area contributed by atoms with Crippen LogP contribution in [-0.4, -0.2) is 28.3 Å². The summed E-state index contributed by atoms with van der Waals surface area (Å²) in [5.74, 6) is 0.0135. The smallest absolute Gasteiger partial charge is 0.240 e. The number of hydrogen-bond acceptors (Lipinski definition) is 5. The molecule has 1 fully saturated rings. The Bertz CT molecular complexity index is 396. The maximum Gasteiger partial charge on any atom is 0.240 e. The zero-order chi connectivity index (χ0) is 12.3. The van der Waals surface area contributed by atoms with Gasteiger partial charge in [0.2, 0.25) is 5.91 Å². The third-order valence-electron chi connectivity index (χ3n) is 3.28. The molecule has 6 heteroatoms. The number of carbonyl (C=O) groups excluding carboxylic acids is 1. The molecule has 0 saturated carbocycles. The van der Waals surface area contributed by atoms with Gasteiger partial charge in [-0.1, -0.05) is 10.3 Å². The van der Waals surface area contributed by atoms with E-state index in [-0.39, 0.29) is 5.91 Å². The topological polar surface area (TPSA) is 80.1 Å². The predicted octanol–water partition coefficient (Wildman–Crippen LogP) is 0.526. The molecule has 1 unspecified atom stereocenters. The third-order valence-corrected chi connectivity index (χ3v) is 3.28. The number of aryl methyl sites for hydroxylation is 1. The van der Waals surface area contributed by atoms with Crippen molar-refractivity contribution in [1.82, 2.24) is 20.9 Å². The second kappa shape index (κ2) is 4.83. The van der Waals surface area contributed by atoms with Gasteiger partial charge in [0.05, 0.1) is 12.1 Å². The molecule has 0 aliphatic carbocycles. The SMILES string of the molecule is Cc1nonc1CNC(=O)C1(C)CCCCN1. The van der Waals surface area contributed by atoms with Gasteiger partial charge in [0.25, 0.3) is 0 Å². The van der Waals surface area contributed by atoms with Gasteiger partial charge in [-0.2, -0.15) is 0 Å². The van der Waals surface area contributed by atoms with E-state index in [1.54, 1.807) is 6.92 Å². The first-order valence-electron chi connectivity index (χ1n) is 5.93. The van der Waals surface area contributed by atoms with Gasteiger partial charge in [0.1, 0.15) is 11.4 Å². The van der Waals surface area contributed by atoms with Crippen LogP contribution in [0.5, 0.6) is 0 Å². The van der Waals surface area contributed by atoms with Crippen LogP contribution in [0.3, 0.4) is 0 Å². The molecule has 17 heavy (non-hydrogen) atoms. The summed E-state index contributed by atoms with van der Waals surface area (Å²) in [4.78, 5) is 12.1. The molecule has 2 rings (SSSR count). The molecular formula is C11H18N4O2. The Morgan fingerprint density at radius 3 is 2.94 bits per heavy atom. The Morgan fingerprint density at radius 1 is 1.53 bits per heavy atom. The van der Waals surface area contributed by atoms with E-state index in [1.165, 1.54) is 0 Å². The fourth-order valence-corrected chi connectivity index (χ4v) is 2.02. The summed E-state index contributed by atoms with van der Waals surface area (Å²) in [6.07, 6.45) is 3.09. The number of amides is 1. The molecule has 1 aromatic heterocycles. The van der Waals surface area contributed by atoms with Gasteiger partial charge in [-0.05, 0) is 39.7 Å². The van der Waals surface area contributed by atoms with Crippen molar-refractivity contribution < 1.29 is 9.42 Å². The molecule has 1 atom stereocenters. The van der Waals surface area contributed by atoms with Crippen LogP contribution in [0.2, 0.25) is 0 Å². The molecule has 0 aromatic carbocycles. The van der Waals surface area contributed by atoms with Crippen molar-refractivity contribution in [1.29, 1.82) is 0 Å². The van der Waals surface area contributed by atoms with Crippen molar-refractivity contribution in [3.05, 3.63) is 11.4 Å². The first-order chi connectivity index (χ1) is 8.12. The Labute approximate surface area is 100 Å². The molecule has 1 aliphatic rings. The maximum atomic E-state index is 12.1. The van der Waals surface area contributed by atoms with E-state index < -0.39 is 5.54 Å². The number of rotatable bonds is 3. The minimum Gasteiger partial charge on any atom is -0.349 e. The quantitative estimate of drug-likeness (QED) is 0.802. The van der Waals surface area contributed by atoms with Crippen LogP contribution in [0.15, 0.2) is 4.63 Å². The molecule has 0 bridgehead atoms. The Balaban J connectivity index is 1.91. The van der Waals surface area contributed by atoms with Gasteiger partial charge >= 0.3 is 0 Å². The van der Waals surface area contributed by atoms with Crippen molar-refractivity contribution in [3.63, 3.8) is 0 Å². The fraction of sp³-hybridized carbons (Fsp3) is 0.727. The van der Waals surface area contributed by atoms with E-state index >= 15 is 0 Å². The summed E-state index contributed by atoms with van der Waals surface area (Å²) < 4.78 is 4.58. The normalized spacial score (nSPS) is 24.6. The zero-order valence-corrected chi connectivity index (χ0v) is 10.2. The molecule has 2 N–H and O–H groups in total. The summed E-state index contributed by atoms with van der Waals surface area (Å²) in [7, 11) is 0. The largest absolute Gasteiger partial charge is 0.349 e. The van der Waals surface area contributed by atoms with Crippen molar-refractivity contribution in [2.45, 2.75) is 45.2 Å². The average Bonchev–Trinajstić information content (AvgIpc) is 2.73. The number of hydrogen-bond donors (Lipinski definition) is 2. The second-order valence-electron chi connectivity index (χ2n) is 4.69. The number of piperidine rings is 1. The van der Waals surface area contributed by atoms with Crippen molar-refractivity contribution in [3.8, 4) is 0 Å². The monoisotopic (exact) mass is 238 g/mol. The lowest BCUT2D eigenvalue weighted by Gasteiger charge is -2.33. The standard InChI is InChI=1S/C11H18N4O2/c1-8-9(15-17-14-8)7-12-10(16)11(2)5-3-4-6-13-11/h13H,3-7H2,1-2H3,(H,12,16). The van der Waals surface area contributed by atoms with Gasteiger partial charge in [-0.3, -0.25) is 4.79 Å². The predicted molar refractivity (Wildman–Crippen MR) is 61.1 cm³/mol. The Kier molecular flexibility index (Phi) is 3.42. The van der Waals surface area contributed by atoms with Gasteiger partial charge in [0, 0.05) is 0 Å². The minimum atomic E-state index is -0.455. The van der Waals surface area contributed by atoms with E-state index in [0.717, 1.165) is 25.8 Å². The van der Waals surface area contributed by atoms with E-state index in [2.05, 4.69) is 25.6 Å². The van der Waals surface area contributed by atoms with E-state index in [4.69, 9.17) is 0 Å². The van der Waals surface area contributed by atoms with Gasteiger partial charge < -0.3 is 10.6 Å². The van der Waals surface area contributed by atoms with Gasteiger partial charge in [-0.15, -0.1) is 0 Å². The number of nitrogens with zero attached hydrogens (tertiary/aromatic N) is 2. The lowest BCUT2D eigenvalue weighted by atomic mass is 9.90. The van der Waals surface area contributed by atoms with Crippen LogP contribution in [0, 0.1) is 6.92 Å². The highest BCUT2D eigenvalue weighted by Gasteiger charge is 2.34. The van der Waals surface area contributed by atoms with Crippen LogP contribution in [0.25, 0.3) is 0 Å². The van der Waals surface area contributed by atoms with Crippen LogP contribution in [0.1, 0.15) is 37.6 Å². The molecule has 1 amide bonds. The number of nitrogens with one attached hydrogen (secondary N) is 2. The Morgan fingerprint density at radius 2 is 2.35 bits per heavy atom. The van der Waals surface area contributed by atoms with Crippen LogP contribution in [0.4, 0.5) is 0 Å². The molecule has 94 valence electrons. The highest BCUT2D eigenvalue weighted by atomic mass is 16.6. The highest BCUT2D eigenvalue weighted by molar-refractivity contribution is 5.85. The molecule has 2 heterocycles. The lowest BCUT2D eigenvalue weighted by Crippen LogP contribution is -2.56. The molecule has 0 radical (unpaired) electrons. The molecule has 1 aromatic rings. The number of carbonyl (C=O) groups is 1. The van der Waals surface area contributed by atoms with Crippen LogP contribution < -0.4 is 10.6 Å². The van der Waals surface area contributed by atoms with E-state index in [0.29, 0.717) is 17.9 Å². The first kappa shape index (κ1) is 12.0. The highest BCUT2D eigenvalue weighted by Crippen LogP contribution is 2.18. The van der Waals surface area contributed by atoms with Gasteiger partial charge in [-0.25, -0.2) is 4.63 Å². The zero-order valence-electron chi connectivity index (χ0n) is 10.2. The van der Waals surface area contributed by atoms with E-state index in [9.17, 15) is 4.79 Å². The second-order valence-corrected chi connectivity index (χ2v) is 4.69. The van der Waals surface area contributed by atoms with E-state index in [1.807, 2.05) is 6.92 Å². The van der Waals surface area contributed by atoms with Crippen LogP contribution in [-0.2, 0) is 11.3 Å². The van der Waals surface area contributed by atoms with Gasteiger partial charge in [0.15, 0.2) is 0 Å². The third kappa shape index (κ3) is 2.63. The fourth-order valence-electron chi connectivity index (χ4n) is 2.02. The van der Waals surface area contributed by atoms with Crippen molar-refractivity contribution in [2.24, 2.45) is 0 Å². The Hall–Kier alpha value is -1.43. The molecule has 1 saturated heterocycles. The van der Waals surface area contributed by atoms with Crippen molar-refractivity contribution in [2.75, 3.05) is 6.54 Å². The number of aromatic nitrogens is 2. The van der Waals surface area contributed by atoms with Crippen molar-refractivity contribution >= 4 is 5.91 Å². The van der Waals surface area contributed by atoms with Crippen LogP contribution >= 0.6 is 0 Å². The minimum absolute atomic E-state index is 0.0135. The molecular weight excluding hydrogens is 220 g/mol. The maximum absolute atomic E-state index is 12.1. The lowest BCUT2D eigenvalue weighted by molar-refractivity contribution is -0.128. The summed E-state index contributed by atoms with van der Waals surface area (Å²) >= 11 is 0. The summed E-state index contributed by atoms with van der Waals surface area (Å²) in [6, 6.07) is 0. The molecule has 6 nitrogen and oxygen atoms in total. The summed E-state index contributed by atoms with van der Waals surface area (Å²) in [5, 5.41) is 13.5. The average molecular weight is 238 g/mol. The first-order valence-corrected chi connectivity index (χ1v) is 5.93. The summed E-state index contributed by atoms with van der Waals surface area (Å²) in [5.41, 5.74) is 0.938. The molecule has 1 aliphatic heterocycles.